The number of hydrazine groups is 1. The molecule has 0 saturated heterocycles. The molecule has 0 saturated carbocycles. The average Bonchev–Trinajstić information content (AvgIpc) is 2.86. The largest absolute Gasteiger partial charge is 0.380 e. The summed E-state index contributed by atoms with van der Waals surface area (Å²) in [5, 5.41) is 4.32. The zero-order valence-corrected chi connectivity index (χ0v) is 12.2. The van der Waals surface area contributed by atoms with Gasteiger partial charge in [-0.1, -0.05) is 6.92 Å². The minimum absolute atomic E-state index is 0.114. The first-order valence-electron chi connectivity index (χ1n) is 6.21. The summed E-state index contributed by atoms with van der Waals surface area (Å²) in [7, 11) is 1.69. The fourth-order valence-corrected chi connectivity index (χ4v) is 2.64. The molecule has 0 aliphatic carbocycles. The zero-order valence-electron chi connectivity index (χ0n) is 11.4. The maximum atomic E-state index is 5.41. The van der Waals surface area contributed by atoms with Crippen molar-refractivity contribution in [2.45, 2.75) is 26.4 Å². The summed E-state index contributed by atoms with van der Waals surface area (Å²) in [6, 6.07) is 2.13. The molecular formula is C12H19N5OS. The van der Waals surface area contributed by atoms with Gasteiger partial charge in [0.1, 0.15) is 10.6 Å². The third-order valence-corrected chi connectivity index (χ3v) is 4.05. The number of ether oxygens (including phenoxy) is 1. The van der Waals surface area contributed by atoms with E-state index >= 15 is 0 Å². The molecule has 0 aromatic carbocycles. The van der Waals surface area contributed by atoms with Crippen molar-refractivity contribution in [1.29, 1.82) is 0 Å². The molecule has 0 fully saturated rings. The van der Waals surface area contributed by atoms with Crippen LogP contribution in [0.15, 0.2) is 6.07 Å². The molecule has 1 atom stereocenters. The maximum absolute atomic E-state index is 5.41. The fraction of sp³-hybridized carbons (Fsp3) is 0.500. The third-order valence-electron chi connectivity index (χ3n) is 2.88. The molecule has 6 nitrogen and oxygen atoms in total. The monoisotopic (exact) mass is 281 g/mol. The van der Waals surface area contributed by atoms with Gasteiger partial charge < -0.3 is 10.1 Å². The van der Waals surface area contributed by atoms with Crippen LogP contribution in [0, 0.1) is 0 Å². The van der Waals surface area contributed by atoms with Crippen molar-refractivity contribution in [3.8, 4) is 0 Å². The van der Waals surface area contributed by atoms with Crippen LogP contribution in [0.5, 0.6) is 0 Å². The Hall–Kier alpha value is -1.44. The number of hydrogen-bond donors (Lipinski definition) is 3. The molecule has 0 aliphatic heterocycles. The molecule has 2 aromatic heterocycles. The minimum Gasteiger partial charge on any atom is -0.380 e. The van der Waals surface area contributed by atoms with E-state index in [1.54, 1.807) is 18.4 Å². The van der Waals surface area contributed by atoms with Crippen molar-refractivity contribution in [2.24, 2.45) is 5.84 Å². The summed E-state index contributed by atoms with van der Waals surface area (Å²) in [4.78, 5) is 11.0. The van der Waals surface area contributed by atoms with Gasteiger partial charge in [-0.05, 0) is 19.4 Å². The molecule has 0 amide bonds. The molecule has 4 N–H and O–H groups in total. The minimum atomic E-state index is 0.114. The molecule has 2 rings (SSSR count). The summed E-state index contributed by atoms with van der Waals surface area (Å²) >= 11 is 1.66. The standard InChI is InChI=1S/C12H19N5OS/c1-4-8-5-9-10(14-6-7(2)18-3)15-12(17-13)16-11(9)19-8/h5,7H,4,6,13H2,1-3H3,(H2,14,15,16,17). The summed E-state index contributed by atoms with van der Waals surface area (Å²) in [6.45, 7) is 4.81. The molecule has 0 radical (unpaired) electrons. The van der Waals surface area contributed by atoms with Crippen LogP contribution in [0.25, 0.3) is 10.2 Å². The van der Waals surface area contributed by atoms with E-state index in [1.807, 2.05) is 6.92 Å². The Morgan fingerprint density at radius 3 is 2.89 bits per heavy atom. The van der Waals surface area contributed by atoms with Gasteiger partial charge in [-0.2, -0.15) is 4.98 Å². The molecule has 0 spiro atoms. The van der Waals surface area contributed by atoms with E-state index in [4.69, 9.17) is 10.6 Å². The second-order valence-electron chi connectivity index (χ2n) is 4.25. The Morgan fingerprint density at radius 2 is 2.26 bits per heavy atom. The van der Waals surface area contributed by atoms with Gasteiger partial charge in [-0.25, -0.2) is 10.8 Å². The molecular weight excluding hydrogens is 262 g/mol. The van der Waals surface area contributed by atoms with Gasteiger partial charge in [-0.3, -0.25) is 5.43 Å². The second-order valence-corrected chi connectivity index (χ2v) is 5.37. The summed E-state index contributed by atoms with van der Waals surface area (Å²) in [5.74, 6) is 6.62. The molecule has 0 bridgehead atoms. The van der Waals surface area contributed by atoms with Gasteiger partial charge in [0, 0.05) is 18.5 Å². The van der Waals surface area contributed by atoms with Crippen LogP contribution in [0.3, 0.4) is 0 Å². The van der Waals surface area contributed by atoms with Gasteiger partial charge in [0.25, 0.3) is 0 Å². The normalized spacial score (nSPS) is 12.6. The molecule has 2 heterocycles. The Labute approximate surface area is 116 Å². The summed E-state index contributed by atoms with van der Waals surface area (Å²) in [6.07, 6.45) is 1.10. The van der Waals surface area contributed by atoms with Crippen molar-refractivity contribution in [3.63, 3.8) is 0 Å². The smallest absolute Gasteiger partial charge is 0.240 e. The van der Waals surface area contributed by atoms with Crippen LogP contribution in [-0.4, -0.2) is 29.7 Å². The third kappa shape index (κ3) is 3.12. The lowest BCUT2D eigenvalue weighted by atomic mass is 10.3. The van der Waals surface area contributed by atoms with E-state index in [9.17, 15) is 0 Å². The van der Waals surface area contributed by atoms with Gasteiger partial charge >= 0.3 is 0 Å². The lowest BCUT2D eigenvalue weighted by Crippen LogP contribution is -2.19. The van der Waals surface area contributed by atoms with E-state index < -0.39 is 0 Å². The highest BCUT2D eigenvalue weighted by Crippen LogP contribution is 2.30. The molecule has 104 valence electrons. The average molecular weight is 281 g/mol. The maximum Gasteiger partial charge on any atom is 0.240 e. The Kier molecular flexibility index (Phi) is 4.52. The molecule has 1 unspecified atom stereocenters. The number of anilines is 2. The molecule has 19 heavy (non-hydrogen) atoms. The highest BCUT2D eigenvalue weighted by atomic mass is 32.1. The first kappa shape index (κ1) is 14.0. The van der Waals surface area contributed by atoms with Crippen molar-refractivity contribution in [1.82, 2.24) is 9.97 Å². The number of nitrogens with one attached hydrogen (secondary N) is 2. The Bertz CT molecular complexity index is 556. The van der Waals surface area contributed by atoms with Crippen LogP contribution >= 0.6 is 11.3 Å². The highest BCUT2D eigenvalue weighted by molar-refractivity contribution is 7.18. The van der Waals surface area contributed by atoms with Gasteiger partial charge in [0.2, 0.25) is 5.95 Å². The van der Waals surface area contributed by atoms with Crippen LogP contribution < -0.4 is 16.6 Å². The number of nitrogens with zero attached hydrogens (tertiary/aromatic N) is 2. The van der Waals surface area contributed by atoms with E-state index in [0.717, 1.165) is 22.5 Å². The number of fused-ring (bicyclic) bond motifs is 1. The van der Waals surface area contributed by atoms with Crippen molar-refractivity contribution in [3.05, 3.63) is 10.9 Å². The lowest BCUT2D eigenvalue weighted by Gasteiger charge is -2.12. The fourth-order valence-electron chi connectivity index (χ4n) is 1.67. The van der Waals surface area contributed by atoms with Crippen molar-refractivity contribution in [2.75, 3.05) is 24.4 Å². The molecule has 2 aromatic rings. The van der Waals surface area contributed by atoms with Crippen LogP contribution in [0.2, 0.25) is 0 Å². The molecule has 0 aliphatic rings. The van der Waals surface area contributed by atoms with Crippen molar-refractivity contribution >= 4 is 33.3 Å². The second kappa shape index (κ2) is 6.14. The summed E-state index contributed by atoms with van der Waals surface area (Å²) in [5.41, 5.74) is 2.50. The number of nitrogen functional groups attached to an aromatic ring is 1. The highest BCUT2D eigenvalue weighted by Gasteiger charge is 2.11. The number of thiophene rings is 1. The number of rotatable bonds is 6. The SMILES string of the molecule is CCc1cc2c(NCC(C)OC)nc(NN)nc2s1. The number of hydrogen-bond acceptors (Lipinski definition) is 7. The van der Waals surface area contributed by atoms with E-state index in [2.05, 4.69) is 33.7 Å². The van der Waals surface area contributed by atoms with E-state index in [1.165, 1.54) is 4.88 Å². The van der Waals surface area contributed by atoms with Gasteiger partial charge in [0.15, 0.2) is 0 Å². The number of aryl methyl sites for hydroxylation is 1. The zero-order chi connectivity index (χ0) is 13.8. The Morgan fingerprint density at radius 1 is 1.47 bits per heavy atom. The summed E-state index contributed by atoms with van der Waals surface area (Å²) < 4.78 is 5.22. The number of methoxy groups -OCH3 is 1. The molecule has 7 heteroatoms. The number of aromatic nitrogens is 2. The first-order chi connectivity index (χ1) is 9.17. The Balaban J connectivity index is 2.35. The first-order valence-corrected chi connectivity index (χ1v) is 7.03. The van der Waals surface area contributed by atoms with Gasteiger partial charge in [0.05, 0.1) is 11.5 Å². The quantitative estimate of drug-likeness (QED) is 0.554. The number of nitrogens with two attached hydrogens (primary N) is 1. The topological polar surface area (TPSA) is 85.1 Å². The van der Waals surface area contributed by atoms with Crippen molar-refractivity contribution < 1.29 is 4.74 Å². The predicted octanol–water partition coefficient (Wildman–Crippen LogP) is 1.99. The van der Waals surface area contributed by atoms with Crippen LogP contribution in [0.1, 0.15) is 18.7 Å². The predicted molar refractivity (Wildman–Crippen MR) is 79.6 cm³/mol. The van der Waals surface area contributed by atoms with E-state index in [0.29, 0.717) is 12.5 Å². The lowest BCUT2D eigenvalue weighted by molar-refractivity contribution is 0.128. The van der Waals surface area contributed by atoms with Gasteiger partial charge in [-0.15, -0.1) is 11.3 Å². The van der Waals surface area contributed by atoms with E-state index in [-0.39, 0.29) is 6.10 Å². The van der Waals surface area contributed by atoms with Crippen LogP contribution in [-0.2, 0) is 11.2 Å². The van der Waals surface area contributed by atoms with Crippen LogP contribution in [0.4, 0.5) is 11.8 Å².